The Morgan fingerprint density at radius 2 is 1.22 bits per heavy atom. The molecule has 0 N–H and O–H groups in total. The highest BCUT2D eigenvalue weighted by Gasteiger charge is 2.26. The van der Waals surface area contributed by atoms with Crippen LogP contribution in [0.5, 0.6) is 0 Å². The fourth-order valence-corrected chi connectivity index (χ4v) is 8.14. The fraction of sp³-hybridized carbons (Fsp3) is 0.714. The van der Waals surface area contributed by atoms with E-state index in [2.05, 4.69) is 65.0 Å². The average Bonchev–Trinajstić information content (AvgIpc) is 2.56. The van der Waals surface area contributed by atoms with Crippen molar-refractivity contribution >= 4 is 7.05 Å². The van der Waals surface area contributed by atoms with Crippen LogP contribution in [0.3, 0.4) is 0 Å². The van der Waals surface area contributed by atoms with Crippen LogP contribution in [0.15, 0.2) is 35.1 Å². The highest BCUT2D eigenvalue weighted by atomic mass is 31.2. The predicted molar refractivity (Wildman–Crippen MR) is 108 cm³/mol. The first kappa shape index (κ1) is 20.5. The maximum atomic E-state index is 5.63. The van der Waals surface area contributed by atoms with Crippen LogP contribution >= 0.6 is 7.05 Å². The molecular formula is C21H38NP. The molecule has 0 radical (unpaired) electrons. The molecule has 0 atom stereocenters. The SMILES string of the molecule is CCCCP(CCCC)(CCCC)=NC(C)(C)c1ccccc1. The van der Waals surface area contributed by atoms with Crippen LogP contribution in [0.2, 0.25) is 0 Å². The second-order valence-electron chi connectivity index (χ2n) is 7.35. The van der Waals surface area contributed by atoms with Crippen LogP contribution in [0, 0.1) is 0 Å². The molecule has 0 saturated heterocycles. The largest absolute Gasteiger partial charge is 0.292 e. The summed E-state index contributed by atoms with van der Waals surface area (Å²) in [5.41, 5.74) is 1.32. The molecule has 0 bridgehead atoms. The van der Waals surface area contributed by atoms with E-state index in [0.717, 1.165) is 0 Å². The van der Waals surface area contributed by atoms with Crippen LogP contribution in [0.4, 0.5) is 0 Å². The molecular weight excluding hydrogens is 297 g/mol. The Morgan fingerprint density at radius 1 is 0.783 bits per heavy atom. The second-order valence-corrected chi connectivity index (χ2v) is 11.1. The summed E-state index contributed by atoms with van der Waals surface area (Å²) in [6.07, 6.45) is 12.0. The van der Waals surface area contributed by atoms with E-state index >= 15 is 0 Å². The zero-order valence-corrected chi connectivity index (χ0v) is 17.0. The number of unbranched alkanes of at least 4 members (excludes halogenated alkanes) is 3. The number of hydrogen-bond donors (Lipinski definition) is 0. The molecule has 0 unspecified atom stereocenters. The molecule has 0 spiro atoms. The van der Waals surface area contributed by atoms with Crippen LogP contribution in [-0.4, -0.2) is 18.5 Å². The Hall–Kier alpha value is -0.550. The van der Waals surface area contributed by atoms with Gasteiger partial charge in [0.1, 0.15) is 0 Å². The molecule has 0 amide bonds. The third-order valence-electron chi connectivity index (χ3n) is 4.73. The first-order valence-corrected chi connectivity index (χ1v) is 12.0. The average molecular weight is 336 g/mol. The lowest BCUT2D eigenvalue weighted by molar-refractivity contribution is 0.562. The van der Waals surface area contributed by atoms with Crippen LogP contribution in [0.1, 0.15) is 78.7 Å². The van der Waals surface area contributed by atoms with Crippen molar-refractivity contribution in [2.45, 2.75) is 78.7 Å². The zero-order valence-electron chi connectivity index (χ0n) is 16.1. The van der Waals surface area contributed by atoms with Crippen LogP contribution in [-0.2, 0) is 5.54 Å². The van der Waals surface area contributed by atoms with Gasteiger partial charge < -0.3 is 0 Å². The van der Waals surface area contributed by atoms with E-state index in [9.17, 15) is 0 Å². The normalized spacial score (nSPS) is 12.4. The quantitative estimate of drug-likeness (QED) is 0.371. The third-order valence-corrected chi connectivity index (χ3v) is 9.10. The summed E-state index contributed by atoms with van der Waals surface area (Å²) >= 11 is 0. The Labute approximate surface area is 145 Å². The van der Waals surface area contributed by atoms with Gasteiger partial charge in [0.25, 0.3) is 0 Å². The first-order chi connectivity index (χ1) is 11.0. The van der Waals surface area contributed by atoms with Gasteiger partial charge in [-0.05, 0) is 64.2 Å². The maximum Gasteiger partial charge on any atom is 0.0785 e. The van der Waals surface area contributed by atoms with Crippen molar-refractivity contribution in [3.05, 3.63) is 35.9 Å². The third kappa shape index (κ3) is 6.84. The van der Waals surface area contributed by atoms with Gasteiger partial charge in [0.05, 0.1) is 5.54 Å². The van der Waals surface area contributed by atoms with Crippen LogP contribution in [0.25, 0.3) is 0 Å². The molecule has 1 aromatic rings. The zero-order chi connectivity index (χ0) is 17.2. The fourth-order valence-electron chi connectivity index (χ4n) is 3.28. The van der Waals surface area contributed by atoms with Crippen molar-refractivity contribution in [3.8, 4) is 0 Å². The van der Waals surface area contributed by atoms with Gasteiger partial charge in [-0.25, -0.2) is 0 Å². The molecule has 0 aliphatic carbocycles. The molecule has 0 fully saturated rings. The summed E-state index contributed by atoms with van der Waals surface area (Å²) in [7, 11) is -1.21. The van der Waals surface area contributed by atoms with Crippen molar-refractivity contribution in [1.29, 1.82) is 0 Å². The summed E-state index contributed by atoms with van der Waals surface area (Å²) in [6, 6.07) is 10.9. The van der Waals surface area contributed by atoms with Gasteiger partial charge in [-0.1, -0.05) is 70.4 Å². The maximum absolute atomic E-state index is 5.63. The van der Waals surface area contributed by atoms with E-state index in [-0.39, 0.29) is 5.54 Å². The number of nitrogens with zero attached hydrogens (tertiary/aromatic N) is 1. The molecule has 2 heteroatoms. The highest BCUT2D eigenvalue weighted by molar-refractivity contribution is 7.66. The monoisotopic (exact) mass is 335 g/mol. The number of rotatable bonds is 11. The lowest BCUT2D eigenvalue weighted by Gasteiger charge is -2.32. The van der Waals surface area contributed by atoms with Gasteiger partial charge in [0.15, 0.2) is 0 Å². The number of benzene rings is 1. The smallest absolute Gasteiger partial charge is 0.0785 e. The van der Waals surface area contributed by atoms with Crippen molar-refractivity contribution in [2.24, 2.45) is 4.74 Å². The minimum atomic E-state index is -1.21. The van der Waals surface area contributed by atoms with Gasteiger partial charge in [0.2, 0.25) is 0 Å². The van der Waals surface area contributed by atoms with E-state index in [1.165, 1.54) is 62.6 Å². The molecule has 0 heterocycles. The van der Waals surface area contributed by atoms with Crippen molar-refractivity contribution in [2.75, 3.05) is 18.5 Å². The lowest BCUT2D eigenvalue weighted by atomic mass is 9.96. The summed E-state index contributed by atoms with van der Waals surface area (Å²) in [5.74, 6) is 0. The van der Waals surface area contributed by atoms with Gasteiger partial charge in [-0.3, -0.25) is 4.74 Å². The Bertz CT molecular complexity index is 447. The molecule has 0 aliphatic rings. The Kier molecular flexibility index (Phi) is 9.22. The van der Waals surface area contributed by atoms with Crippen LogP contribution < -0.4 is 0 Å². The van der Waals surface area contributed by atoms with Gasteiger partial charge in [-0.15, -0.1) is 0 Å². The minimum Gasteiger partial charge on any atom is -0.292 e. The standard InChI is InChI=1S/C21H38NP/c1-6-9-17-23(18-10-7-2,19-11-8-3)22-21(4,5)20-15-13-12-14-16-20/h12-16H,6-11,17-19H2,1-5H3. The topological polar surface area (TPSA) is 12.4 Å². The molecule has 1 nitrogen and oxygen atoms in total. The van der Waals surface area contributed by atoms with E-state index in [4.69, 9.17) is 4.74 Å². The summed E-state index contributed by atoms with van der Waals surface area (Å²) in [6.45, 7) is 11.6. The Balaban J connectivity index is 3.20. The van der Waals surface area contributed by atoms with Gasteiger partial charge in [0, 0.05) is 0 Å². The van der Waals surface area contributed by atoms with E-state index in [0.29, 0.717) is 0 Å². The summed E-state index contributed by atoms with van der Waals surface area (Å²) in [5, 5.41) is 0. The van der Waals surface area contributed by atoms with Gasteiger partial charge >= 0.3 is 0 Å². The second kappa shape index (κ2) is 10.3. The minimum absolute atomic E-state index is 0.0513. The van der Waals surface area contributed by atoms with E-state index < -0.39 is 7.05 Å². The lowest BCUT2D eigenvalue weighted by Crippen LogP contribution is -2.16. The molecule has 0 aliphatic heterocycles. The molecule has 1 aromatic carbocycles. The Morgan fingerprint density at radius 3 is 1.61 bits per heavy atom. The van der Waals surface area contributed by atoms with Gasteiger partial charge in [-0.2, -0.15) is 0 Å². The van der Waals surface area contributed by atoms with Crippen molar-refractivity contribution in [1.82, 2.24) is 0 Å². The number of hydrogen-bond acceptors (Lipinski definition) is 1. The molecule has 0 saturated carbocycles. The van der Waals surface area contributed by atoms with Crippen molar-refractivity contribution < 1.29 is 0 Å². The highest BCUT2D eigenvalue weighted by Crippen LogP contribution is 2.55. The molecule has 23 heavy (non-hydrogen) atoms. The van der Waals surface area contributed by atoms with Crippen molar-refractivity contribution in [3.63, 3.8) is 0 Å². The van der Waals surface area contributed by atoms with E-state index in [1.54, 1.807) is 0 Å². The molecule has 132 valence electrons. The molecule has 0 aromatic heterocycles. The summed E-state index contributed by atoms with van der Waals surface area (Å²) in [4.78, 5) is 0. The molecule has 1 rings (SSSR count). The first-order valence-electron chi connectivity index (χ1n) is 9.65. The predicted octanol–water partition coefficient (Wildman–Crippen LogP) is 7.52. The van der Waals surface area contributed by atoms with E-state index in [1.807, 2.05) is 0 Å². The summed E-state index contributed by atoms with van der Waals surface area (Å²) < 4.78 is 5.63.